The molecule has 6 rings (SSSR count). The molecule has 0 atom stereocenters. The number of rotatable bonds is 2. The van der Waals surface area contributed by atoms with E-state index in [4.69, 9.17) is 31.0 Å². The molecular formula is C24H23ClN4O2S. The number of halogens is 1. The lowest BCUT2D eigenvalue weighted by molar-refractivity contribution is -0.0396. The Bertz CT molecular complexity index is 1330. The quantitative estimate of drug-likeness (QED) is 0.402. The third-order valence-corrected chi connectivity index (χ3v) is 7.57. The van der Waals surface area contributed by atoms with Gasteiger partial charge < -0.3 is 14.4 Å². The second kappa shape index (κ2) is 7.63. The molecule has 2 aliphatic rings. The average molecular weight is 467 g/mol. The van der Waals surface area contributed by atoms with E-state index in [-0.39, 0.29) is 5.60 Å². The maximum Gasteiger partial charge on any atom is 0.136 e. The molecule has 0 bridgehead atoms. The van der Waals surface area contributed by atoms with Gasteiger partial charge >= 0.3 is 0 Å². The second-order valence-electron chi connectivity index (χ2n) is 8.91. The predicted octanol–water partition coefficient (Wildman–Crippen LogP) is 5.25. The SMILES string of the molecule is CC1(C)Cc2c(c(N3CCOCC3)nc3sc4c(-c5ccc(Cl)cc5)ncnc4c23)CO1. The maximum absolute atomic E-state index is 6.23. The van der Waals surface area contributed by atoms with Crippen molar-refractivity contribution < 1.29 is 9.47 Å². The smallest absolute Gasteiger partial charge is 0.136 e. The normalized spacial score (nSPS) is 18.3. The van der Waals surface area contributed by atoms with E-state index in [1.54, 1.807) is 17.7 Å². The van der Waals surface area contributed by atoms with Gasteiger partial charge in [0, 0.05) is 41.0 Å². The number of benzene rings is 1. The Morgan fingerprint density at radius 1 is 1.06 bits per heavy atom. The van der Waals surface area contributed by atoms with Crippen molar-refractivity contribution >= 4 is 49.2 Å². The third-order valence-electron chi connectivity index (χ3n) is 6.23. The van der Waals surface area contributed by atoms with Crippen LogP contribution >= 0.6 is 22.9 Å². The van der Waals surface area contributed by atoms with Crippen molar-refractivity contribution in [2.24, 2.45) is 0 Å². The number of thiophene rings is 1. The Morgan fingerprint density at radius 3 is 2.62 bits per heavy atom. The fraction of sp³-hybridized carbons (Fsp3) is 0.375. The summed E-state index contributed by atoms with van der Waals surface area (Å²) < 4.78 is 12.9. The van der Waals surface area contributed by atoms with Crippen LogP contribution in [0.25, 0.3) is 31.7 Å². The molecule has 2 aliphatic heterocycles. The summed E-state index contributed by atoms with van der Waals surface area (Å²) in [6.07, 6.45) is 2.48. The van der Waals surface area contributed by atoms with Gasteiger partial charge in [0.2, 0.25) is 0 Å². The second-order valence-corrected chi connectivity index (χ2v) is 10.3. The van der Waals surface area contributed by atoms with Crippen LogP contribution in [0.1, 0.15) is 25.0 Å². The summed E-state index contributed by atoms with van der Waals surface area (Å²) in [5.74, 6) is 1.03. The lowest BCUT2D eigenvalue weighted by Crippen LogP contribution is -2.39. The van der Waals surface area contributed by atoms with Crippen LogP contribution in [0.4, 0.5) is 5.82 Å². The number of morpholine rings is 1. The monoisotopic (exact) mass is 466 g/mol. The first-order chi connectivity index (χ1) is 15.5. The van der Waals surface area contributed by atoms with Gasteiger partial charge in [0.15, 0.2) is 0 Å². The topological polar surface area (TPSA) is 60.4 Å². The first-order valence-corrected chi connectivity index (χ1v) is 12.0. The third kappa shape index (κ3) is 3.35. The molecule has 1 aromatic carbocycles. The van der Waals surface area contributed by atoms with Crippen LogP contribution in [-0.2, 0) is 22.5 Å². The van der Waals surface area contributed by atoms with Gasteiger partial charge in [0.1, 0.15) is 17.0 Å². The molecule has 0 spiro atoms. The Kier molecular flexibility index (Phi) is 4.84. The number of pyridine rings is 1. The average Bonchev–Trinajstić information content (AvgIpc) is 3.18. The zero-order valence-electron chi connectivity index (χ0n) is 18.0. The van der Waals surface area contributed by atoms with E-state index >= 15 is 0 Å². The van der Waals surface area contributed by atoms with Gasteiger partial charge in [-0.15, -0.1) is 11.3 Å². The van der Waals surface area contributed by atoms with Crippen LogP contribution in [0.5, 0.6) is 0 Å². The van der Waals surface area contributed by atoms with Gasteiger partial charge in [-0.2, -0.15) is 0 Å². The van der Waals surface area contributed by atoms with Gasteiger partial charge in [-0.25, -0.2) is 15.0 Å². The first-order valence-electron chi connectivity index (χ1n) is 10.8. The van der Waals surface area contributed by atoms with Gasteiger partial charge in [0.25, 0.3) is 0 Å². The van der Waals surface area contributed by atoms with Crippen molar-refractivity contribution in [2.45, 2.75) is 32.5 Å². The standard InChI is InChI=1S/C24H23ClN4O2S/c1-24(2)11-16-17(12-31-24)22(29-7-9-30-10-8-29)28-23-18(16)20-21(32-23)19(26-13-27-20)14-3-5-15(25)6-4-14/h3-6,13H,7-12H2,1-2H3. The molecule has 0 aliphatic carbocycles. The van der Waals surface area contributed by atoms with E-state index in [2.05, 4.69) is 23.7 Å². The Balaban J connectivity index is 1.63. The summed E-state index contributed by atoms with van der Waals surface area (Å²) in [6.45, 7) is 7.99. The summed E-state index contributed by atoms with van der Waals surface area (Å²) in [5, 5.41) is 1.86. The highest BCUT2D eigenvalue weighted by Crippen LogP contribution is 2.44. The van der Waals surface area contributed by atoms with E-state index in [0.29, 0.717) is 11.6 Å². The summed E-state index contributed by atoms with van der Waals surface area (Å²) in [5.41, 5.74) is 5.18. The van der Waals surface area contributed by atoms with E-state index in [1.807, 2.05) is 24.3 Å². The van der Waals surface area contributed by atoms with Crippen molar-refractivity contribution in [1.29, 1.82) is 0 Å². The molecule has 164 valence electrons. The molecule has 0 N–H and O–H groups in total. The number of ether oxygens (including phenoxy) is 2. The van der Waals surface area contributed by atoms with E-state index in [0.717, 1.165) is 70.2 Å². The zero-order valence-corrected chi connectivity index (χ0v) is 19.6. The van der Waals surface area contributed by atoms with Gasteiger partial charge in [-0.3, -0.25) is 0 Å². The van der Waals surface area contributed by atoms with Crippen molar-refractivity contribution in [3.05, 3.63) is 46.7 Å². The summed E-state index contributed by atoms with van der Waals surface area (Å²) in [4.78, 5) is 17.9. The zero-order chi connectivity index (χ0) is 21.9. The Labute approximate surface area is 195 Å². The van der Waals surface area contributed by atoms with Crippen molar-refractivity contribution in [1.82, 2.24) is 15.0 Å². The largest absolute Gasteiger partial charge is 0.378 e. The molecule has 1 fully saturated rings. The molecule has 32 heavy (non-hydrogen) atoms. The molecule has 8 heteroatoms. The minimum absolute atomic E-state index is 0.232. The number of anilines is 1. The molecule has 4 aromatic rings. The highest BCUT2D eigenvalue weighted by atomic mass is 35.5. The lowest BCUT2D eigenvalue weighted by atomic mass is 9.90. The molecule has 6 nitrogen and oxygen atoms in total. The number of hydrogen-bond acceptors (Lipinski definition) is 7. The number of aromatic nitrogens is 3. The number of nitrogens with zero attached hydrogens (tertiary/aromatic N) is 4. The van der Waals surface area contributed by atoms with Gasteiger partial charge in [0.05, 0.1) is 41.3 Å². The highest BCUT2D eigenvalue weighted by Gasteiger charge is 2.33. The van der Waals surface area contributed by atoms with Crippen molar-refractivity contribution in [2.75, 3.05) is 31.2 Å². The Hall–Kier alpha value is -2.32. The molecule has 3 aromatic heterocycles. The van der Waals surface area contributed by atoms with Crippen LogP contribution < -0.4 is 4.90 Å². The van der Waals surface area contributed by atoms with Crippen molar-refractivity contribution in [3.63, 3.8) is 0 Å². The van der Waals surface area contributed by atoms with E-state index < -0.39 is 0 Å². The van der Waals surface area contributed by atoms with Crippen LogP contribution in [0.15, 0.2) is 30.6 Å². The predicted molar refractivity (Wildman–Crippen MR) is 129 cm³/mol. The molecular weight excluding hydrogens is 444 g/mol. The maximum atomic E-state index is 6.23. The van der Waals surface area contributed by atoms with Crippen LogP contribution in [0.2, 0.25) is 5.02 Å². The Morgan fingerprint density at radius 2 is 1.84 bits per heavy atom. The molecule has 1 saturated heterocycles. The summed E-state index contributed by atoms with van der Waals surface area (Å²) in [7, 11) is 0. The molecule has 0 amide bonds. The first kappa shape index (κ1) is 20.3. The van der Waals surface area contributed by atoms with Gasteiger partial charge in [-0.1, -0.05) is 23.7 Å². The minimum atomic E-state index is -0.232. The van der Waals surface area contributed by atoms with Gasteiger partial charge in [-0.05, 0) is 31.5 Å². The fourth-order valence-electron chi connectivity index (χ4n) is 4.64. The molecule has 5 heterocycles. The minimum Gasteiger partial charge on any atom is -0.378 e. The lowest BCUT2D eigenvalue weighted by Gasteiger charge is -2.36. The summed E-state index contributed by atoms with van der Waals surface area (Å²) in [6, 6.07) is 7.81. The van der Waals surface area contributed by atoms with Crippen molar-refractivity contribution in [3.8, 4) is 11.3 Å². The number of hydrogen-bond donors (Lipinski definition) is 0. The molecule has 0 saturated carbocycles. The fourth-order valence-corrected chi connectivity index (χ4v) is 5.93. The van der Waals surface area contributed by atoms with Crippen LogP contribution in [0.3, 0.4) is 0 Å². The van der Waals surface area contributed by atoms with Crippen LogP contribution in [-0.4, -0.2) is 46.9 Å². The highest BCUT2D eigenvalue weighted by molar-refractivity contribution is 7.25. The molecule has 0 unspecified atom stereocenters. The van der Waals surface area contributed by atoms with Crippen LogP contribution in [0, 0.1) is 0 Å². The van der Waals surface area contributed by atoms with E-state index in [1.165, 1.54) is 11.1 Å². The van der Waals surface area contributed by atoms with E-state index in [9.17, 15) is 0 Å². The summed E-state index contributed by atoms with van der Waals surface area (Å²) >= 11 is 7.78. The molecule has 0 radical (unpaired) electrons. The number of fused-ring (bicyclic) bond motifs is 5.